The molecule has 0 heterocycles. The first-order valence-corrected chi connectivity index (χ1v) is 8.54. The molecule has 7 heteroatoms. The fraction of sp³-hybridized carbons (Fsp3) is 0.350. The van der Waals surface area contributed by atoms with Crippen LogP contribution in [0.2, 0.25) is 0 Å². The summed E-state index contributed by atoms with van der Waals surface area (Å²) in [6.07, 6.45) is 1.55. The SMILES string of the molecule is COc1cc(OC)c(CCN=C(N)NCCc2ccccc2)c(OC)c1.I. The van der Waals surface area contributed by atoms with Gasteiger partial charge in [-0.25, -0.2) is 0 Å². The fourth-order valence-electron chi connectivity index (χ4n) is 2.65. The van der Waals surface area contributed by atoms with Gasteiger partial charge < -0.3 is 25.3 Å². The van der Waals surface area contributed by atoms with E-state index in [2.05, 4.69) is 22.4 Å². The first kappa shape index (κ1) is 22.9. The van der Waals surface area contributed by atoms with E-state index in [1.807, 2.05) is 30.3 Å². The summed E-state index contributed by atoms with van der Waals surface area (Å²) in [5.74, 6) is 2.56. The zero-order valence-electron chi connectivity index (χ0n) is 16.0. The molecule has 0 aliphatic heterocycles. The van der Waals surface area contributed by atoms with Gasteiger partial charge in [-0.3, -0.25) is 4.99 Å². The summed E-state index contributed by atoms with van der Waals surface area (Å²) < 4.78 is 16.2. The van der Waals surface area contributed by atoms with Crippen LogP contribution in [0.1, 0.15) is 11.1 Å². The average Bonchev–Trinajstić information content (AvgIpc) is 2.68. The molecule has 0 fully saturated rings. The molecule has 0 radical (unpaired) electrons. The van der Waals surface area contributed by atoms with E-state index in [9.17, 15) is 0 Å². The molecule has 0 aliphatic rings. The number of hydrogen-bond acceptors (Lipinski definition) is 4. The second kappa shape index (κ2) is 12.3. The zero-order chi connectivity index (χ0) is 18.8. The van der Waals surface area contributed by atoms with Crippen molar-refractivity contribution in [3.05, 3.63) is 53.6 Å². The predicted octanol–water partition coefficient (Wildman–Crippen LogP) is 3.02. The summed E-state index contributed by atoms with van der Waals surface area (Å²) in [7, 11) is 4.86. The summed E-state index contributed by atoms with van der Waals surface area (Å²) in [6.45, 7) is 1.28. The van der Waals surface area contributed by atoms with Crippen LogP contribution in [0.25, 0.3) is 0 Å². The third kappa shape index (κ3) is 7.16. The van der Waals surface area contributed by atoms with Crippen LogP contribution in [0, 0.1) is 0 Å². The number of guanidine groups is 1. The van der Waals surface area contributed by atoms with E-state index < -0.39 is 0 Å². The van der Waals surface area contributed by atoms with Crippen LogP contribution < -0.4 is 25.3 Å². The van der Waals surface area contributed by atoms with Crippen LogP contribution in [0.15, 0.2) is 47.5 Å². The summed E-state index contributed by atoms with van der Waals surface area (Å²) >= 11 is 0. The number of halogens is 1. The Morgan fingerprint density at radius 3 is 2.15 bits per heavy atom. The molecule has 0 saturated heterocycles. The zero-order valence-corrected chi connectivity index (χ0v) is 18.4. The normalized spacial score (nSPS) is 10.7. The van der Waals surface area contributed by atoms with Gasteiger partial charge in [0.15, 0.2) is 5.96 Å². The molecule has 0 amide bonds. The smallest absolute Gasteiger partial charge is 0.188 e. The van der Waals surface area contributed by atoms with E-state index in [0.717, 1.165) is 18.5 Å². The molecule has 2 aromatic rings. The summed E-state index contributed by atoms with van der Waals surface area (Å²) in [6, 6.07) is 13.9. The van der Waals surface area contributed by atoms with Gasteiger partial charge in [-0.15, -0.1) is 24.0 Å². The number of ether oxygens (including phenoxy) is 3. The molecule has 2 aromatic carbocycles. The van der Waals surface area contributed by atoms with Crippen molar-refractivity contribution in [2.75, 3.05) is 34.4 Å². The maximum absolute atomic E-state index is 5.95. The van der Waals surface area contributed by atoms with E-state index in [1.165, 1.54) is 5.56 Å². The van der Waals surface area contributed by atoms with Crippen LogP contribution in [-0.2, 0) is 12.8 Å². The second-order valence-corrected chi connectivity index (χ2v) is 5.69. The number of rotatable bonds is 9. The fourth-order valence-corrected chi connectivity index (χ4v) is 2.65. The lowest BCUT2D eigenvalue weighted by Gasteiger charge is -2.14. The number of nitrogens with one attached hydrogen (secondary N) is 1. The van der Waals surface area contributed by atoms with E-state index >= 15 is 0 Å². The van der Waals surface area contributed by atoms with Crippen LogP contribution >= 0.6 is 24.0 Å². The van der Waals surface area contributed by atoms with Crippen molar-refractivity contribution in [1.29, 1.82) is 0 Å². The van der Waals surface area contributed by atoms with Crippen molar-refractivity contribution in [3.63, 3.8) is 0 Å². The molecule has 3 N–H and O–H groups in total. The average molecular weight is 485 g/mol. The number of benzene rings is 2. The lowest BCUT2D eigenvalue weighted by Crippen LogP contribution is -2.33. The minimum atomic E-state index is 0. The third-order valence-electron chi connectivity index (χ3n) is 4.02. The Balaban J connectivity index is 0.00000364. The molecule has 27 heavy (non-hydrogen) atoms. The predicted molar refractivity (Wildman–Crippen MR) is 120 cm³/mol. The monoisotopic (exact) mass is 485 g/mol. The molecule has 0 aliphatic carbocycles. The van der Waals surface area contributed by atoms with Gasteiger partial charge in [0, 0.05) is 30.8 Å². The van der Waals surface area contributed by atoms with Gasteiger partial charge in [0.05, 0.1) is 21.3 Å². The molecule has 0 saturated carbocycles. The molecule has 0 aromatic heterocycles. The largest absolute Gasteiger partial charge is 0.496 e. The maximum atomic E-state index is 5.95. The molecular weight excluding hydrogens is 457 g/mol. The summed E-state index contributed by atoms with van der Waals surface area (Å²) in [5.41, 5.74) is 8.15. The molecule has 0 atom stereocenters. The first-order chi connectivity index (χ1) is 12.7. The number of hydrogen-bond donors (Lipinski definition) is 2. The van der Waals surface area contributed by atoms with Crippen LogP contribution in [0.5, 0.6) is 17.2 Å². The van der Waals surface area contributed by atoms with E-state index in [0.29, 0.717) is 36.2 Å². The lowest BCUT2D eigenvalue weighted by molar-refractivity contribution is 0.369. The van der Waals surface area contributed by atoms with Gasteiger partial charge >= 0.3 is 0 Å². The Labute approximate surface area is 178 Å². The first-order valence-electron chi connectivity index (χ1n) is 8.54. The number of aliphatic imine (C=N–C) groups is 1. The van der Waals surface area contributed by atoms with Gasteiger partial charge in [0.2, 0.25) is 0 Å². The highest BCUT2D eigenvalue weighted by atomic mass is 127. The summed E-state index contributed by atoms with van der Waals surface area (Å²) in [4.78, 5) is 4.38. The van der Waals surface area contributed by atoms with Crippen molar-refractivity contribution in [1.82, 2.24) is 5.32 Å². The molecule has 0 unspecified atom stereocenters. The van der Waals surface area contributed by atoms with Crippen molar-refractivity contribution in [3.8, 4) is 17.2 Å². The molecular formula is C20H28IN3O3. The highest BCUT2D eigenvalue weighted by Gasteiger charge is 2.12. The van der Waals surface area contributed by atoms with E-state index in [-0.39, 0.29) is 24.0 Å². The Hall–Kier alpha value is -2.16. The Morgan fingerprint density at radius 1 is 0.963 bits per heavy atom. The van der Waals surface area contributed by atoms with Crippen molar-refractivity contribution >= 4 is 29.9 Å². The number of methoxy groups -OCH3 is 3. The van der Waals surface area contributed by atoms with Gasteiger partial charge in [0.1, 0.15) is 17.2 Å². The standard InChI is InChI=1S/C20H27N3O3.HI/c1-24-16-13-18(25-2)17(19(14-16)26-3)10-12-23-20(21)22-11-9-15-7-5-4-6-8-15;/h4-8,13-14H,9-12H2,1-3H3,(H3,21,22,23);1H. The minimum Gasteiger partial charge on any atom is -0.496 e. The van der Waals surface area contributed by atoms with Crippen molar-refractivity contribution in [2.24, 2.45) is 10.7 Å². The highest BCUT2D eigenvalue weighted by Crippen LogP contribution is 2.34. The molecule has 6 nitrogen and oxygen atoms in total. The number of nitrogens with zero attached hydrogens (tertiary/aromatic N) is 1. The molecule has 0 spiro atoms. The third-order valence-corrected chi connectivity index (χ3v) is 4.02. The van der Waals surface area contributed by atoms with Crippen LogP contribution in [0.3, 0.4) is 0 Å². The minimum absolute atomic E-state index is 0. The highest BCUT2D eigenvalue weighted by molar-refractivity contribution is 14.0. The maximum Gasteiger partial charge on any atom is 0.188 e. The number of nitrogens with two attached hydrogens (primary N) is 1. The van der Waals surface area contributed by atoms with Gasteiger partial charge in [-0.05, 0) is 18.4 Å². The molecule has 0 bridgehead atoms. The van der Waals surface area contributed by atoms with Crippen molar-refractivity contribution in [2.45, 2.75) is 12.8 Å². The van der Waals surface area contributed by atoms with Crippen LogP contribution in [-0.4, -0.2) is 40.4 Å². The topological polar surface area (TPSA) is 78.1 Å². The van der Waals surface area contributed by atoms with E-state index in [1.54, 1.807) is 21.3 Å². The van der Waals surface area contributed by atoms with Crippen LogP contribution in [0.4, 0.5) is 0 Å². The Morgan fingerprint density at radius 2 is 1.59 bits per heavy atom. The van der Waals surface area contributed by atoms with Gasteiger partial charge in [-0.1, -0.05) is 30.3 Å². The Bertz CT molecular complexity index is 699. The molecule has 2 rings (SSSR count). The van der Waals surface area contributed by atoms with Crippen molar-refractivity contribution < 1.29 is 14.2 Å². The quantitative estimate of drug-likeness (QED) is 0.325. The molecule has 148 valence electrons. The van der Waals surface area contributed by atoms with E-state index in [4.69, 9.17) is 19.9 Å². The van der Waals surface area contributed by atoms with Gasteiger partial charge in [0.25, 0.3) is 0 Å². The summed E-state index contributed by atoms with van der Waals surface area (Å²) in [5, 5.41) is 3.14. The lowest BCUT2D eigenvalue weighted by atomic mass is 10.1. The Kier molecular flexibility index (Phi) is 10.4. The van der Waals surface area contributed by atoms with Gasteiger partial charge in [-0.2, -0.15) is 0 Å². The second-order valence-electron chi connectivity index (χ2n) is 5.69.